The summed E-state index contributed by atoms with van der Waals surface area (Å²) >= 11 is 0. The summed E-state index contributed by atoms with van der Waals surface area (Å²) in [7, 11) is 1.39. The van der Waals surface area contributed by atoms with Crippen LogP contribution in [0.4, 0.5) is 4.39 Å². The van der Waals surface area contributed by atoms with Crippen LogP contribution in [0.5, 0.6) is 5.75 Å². The van der Waals surface area contributed by atoms with Gasteiger partial charge in [-0.2, -0.15) is 0 Å². The predicted octanol–water partition coefficient (Wildman–Crippen LogP) is 2.42. The van der Waals surface area contributed by atoms with Crippen molar-refractivity contribution in [3.05, 3.63) is 70.4 Å². The van der Waals surface area contributed by atoms with E-state index in [0.717, 1.165) is 0 Å². The molecule has 0 saturated heterocycles. The molecule has 1 amide bonds. The molecule has 0 fully saturated rings. The Morgan fingerprint density at radius 2 is 2.08 bits per heavy atom. The van der Waals surface area contributed by atoms with Crippen molar-refractivity contribution in [2.75, 3.05) is 7.11 Å². The number of ether oxygens (including phenoxy) is 1. The molecule has 1 aromatic heterocycles. The molecule has 0 aliphatic carbocycles. The molecule has 1 atom stereocenters. The van der Waals surface area contributed by atoms with Crippen LogP contribution in [-0.4, -0.2) is 22.6 Å². The molecule has 1 heterocycles. The van der Waals surface area contributed by atoms with Gasteiger partial charge in [0, 0.05) is 0 Å². The number of aromatic nitrogens is 2. The van der Waals surface area contributed by atoms with Crippen molar-refractivity contribution < 1.29 is 13.9 Å². The van der Waals surface area contributed by atoms with E-state index in [9.17, 15) is 14.0 Å². The van der Waals surface area contributed by atoms with E-state index in [1.54, 1.807) is 31.2 Å². The highest BCUT2D eigenvalue weighted by atomic mass is 19.1. The number of hydrogen-bond donors (Lipinski definition) is 1. The summed E-state index contributed by atoms with van der Waals surface area (Å²) in [5.41, 5.74) is 1.45. The van der Waals surface area contributed by atoms with E-state index in [-0.39, 0.29) is 23.8 Å². The van der Waals surface area contributed by atoms with Crippen LogP contribution in [0.1, 0.15) is 18.5 Å². The molecule has 0 radical (unpaired) electrons. The van der Waals surface area contributed by atoms with Crippen LogP contribution in [0.25, 0.3) is 11.0 Å². The Bertz CT molecular complexity index is 1020. The van der Waals surface area contributed by atoms with Crippen molar-refractivity contribution in [3.8, 4) is 5.75 Å². The van der Waals surface area contributed by atoms with Gasteiger partial charge in [0.05, 0.1) is 30.4 Å². The minimum absolute atomic E-state index is 0.141. The Kier molecular flexibility index (Phi) is 4.97. The first-order valence-electron chi connectivity index (χ1n) is 8.07. The number of rotatable bonds is 5. The zero-order valence-corrected chi connectivity index (χ0v) is 14.4. The van der Waals surface area contributed by atoms with Gasteiger partial charge in [0.1, 0.15) is 6.54 Å². The van der Waals surface area contributed by atoms with Crippen LogP contribution >= 0.6 is 0 Å². The number of nitrogens with zero attached hydrogens (tertiary/aromatic N) is 2. The lowest BCUT2D eigenvalue weighted by atomic mass is 10.1. The van der Waals surface area contributed by atoms with Crippen LogP contribution in [0, 0.1) is 5.82 Å². The van der Waals surface area contributed by atoms with Crippen molar-refractivity contribution in [2.24, 2.45) is 0 Å². The minimum Gasteiger partial charge on any atom is -0.494 e. The van der Waals surface area contributed by atoms with E-state index >= 15 is 0 Å². The zero-order valence-electron chi connectivity index (χ0n) is 14.4. The number of carbonyl (C=O) groups is 1. The lowest BCUT2D eigenvalue weighted by molar-refractivity contribution is -0.122. The van der Waals surface area contributed by atoms with Crippen LogP contribution in [0.2, 0.25) is 0 Å². The van der Waals surface area contributed by atoms with E-state index in [4.69, 9.17) is 4.74 Å². The second-order valence-electron chi connectivity index (χ2n) is 5.85. The molecular formula is C19H18FN3O3. The fraction of sp³-hybridized carbons (Fsp3) is 0.211. The highest BCUT2D eigenvalue weighted by Gasteiger charge is 2.14. The van der Waals surface area contributed by atoms with Crippen molar-refractivity contribution in [1.29, 1.82) is 0 Å². The van der Waals surface area contributed by atoms with Gasteiger partial charge in [-0.25, -0.2) is 9.37 Å². The number of nitrogens with one attached hydrogen (secondary N) is 1. The van der Waals surface area contributed by atoms with Crippen LogP contribution < -0.4 is 15.6 Å². The van der Waals surface area contributed by atoms with Crippen molar-refractivity contribution in [1.82, 2.24) is 14.9 Å². The van der Waals surface area contributed by atoms with Gasteiger partial charge in [-0.05, 0) is 36.8 Å². The Labute approximate surface area is 149 Å². The average molecular weight is 355 g/mol. The van der Waals surface area contributed by atoms with E-state index in [1.165, 1.54) is 30.0 Å². The average Bonchev–Trinajstić information content (AvgIpc) is 2.64. The maximum absolute atomic E-state index is 13.8. The third kappa shape index (κ3) is 3.56. The monoisotopic (exact) mass is 355 g/mol. The molecule has 6 nitrogen and oxygen atoms in total. The second-order valence-corrected chi connectivity index (χ2v) is 5.85. The quantitative estimate of drug-likeness (QED) is 0.763. The molecule has 3 rings (SSSR count). The molecule has 7 heteroatoms. The van der Waals surface area contributed by atoms with Gasteiger partial charge in [0.2, 0.25) is 5.91 Å². The molecule has 26 heavy (non-hydrogen) atoms. The highest BCUT2D eigenvalue weighted by Crippen LogP contribution is 2.21. The number of halogens is 1. The summed E-state index contributed by atoms with van der Waals surface area (Å²) < 4.78 is 20.1. The molecule has 134 valence electrons. The third-order valence-corrected chi connectivity index (χ3v) is 4.11. The topological polar surface area (TPSA) is 73.2 Å². The Morgan fingerprint density at radius 3 is 2.81 bits per heavy atom. The SMILES string of the molecule is COc1ccc(C(C)NC(=O)Cn2c(=O)cnc3ccccc32)cc1F. The normalized spacial score (nSPS) is 12.0. The van der Waals surface area contributed by atoms with Gasteiger partial charge in [0.15, 0.2) is 11.6 Å². The molecule has 0 saturated carbocycles. The Hall–Kier alpha value is -3.22. The first-order chi connectivity index (χ1) is 12.5. The molecule has 1 unspecified atom stereocenters. The number of carbonyl (C=O) groups excluding carboxylic acids is 1. The van der Waals surface area contributed by atoms with Gasteiger partial charge in [-0.1, -0.05) is 18.2 Å². The number of hydrogen-bond acceptors (Lipinski definition) is 4. The Balaban J connectivity index is 1.78. The first-order valence-corrected chi connectivity index (χ1v) is 8.07. The molecule has 3 aromatic rings. The summed E-state index contributed by atoms with van der Waals surface area (Å²) in [6.45, 7) is 1.59. The van der Waals surface area contributed by atoms with Crippen LogP contribution in [0.3, 0.4) is 0 Å². The number of methoxy groups -OCH3 is 1. The minimum atomic E-state index is -0.498. The van der Waals surface area contributed by atoms with E-state index in [0.29, 0.717) is 16.6 Å². The first kappa shape index (κ1) is 17.6. The lowest BCUT2D eigenvalue weighted by Gasteiger charge is -2.16. The second kappa shape index (κ2) is 7.35. The maximum Gasteiger partial charge on any atom is 0.269 e. The number of amides is 1. The number of benzene rings is 2. The van der Waals surface area contributed by atoms with Crippen molar-refractivity contribution >= 4 is 16.9 Å². The fourth-order valence-corrected chi connectivity index (χ4v) is 2.74. The zero-order chi connectivity index (χ0) is 18.7. The summed E-state index contributed by atoms with van der Waals surface area (Å²) in [4.78, 5) is 28.6. The van der Waals surface area contributed by atoms with Crippen molar-refractivity contribution in [2.45, 2.75) is 19.5 Å². The van der Waals surface area contributed by atoms with Crippen LogP contribution in [-0.2, 0) is 11.3 Å². The fourth-order valence-electron chi connectivity index (χ4n) is 2.74. The summed E-state index contributed by atoms with van der Waals surface area (Å²) in [5, 5.41) is 2.77. The van der Waals surface area contributed by atoms with Gasteiger partial charge in [0.25, 0.3) is 5.56 Å². The number of fused-ring (bicyclic) bond motifs is 1. The molecule has 0 spiro atoms. The summed E-state index contributed by atoms with van der Waals surface area (Å²) in [6, 6.07) is 11.2. The third-order valence-electron chi connectivity index (χ3n) is 4.11. The molecule has 2 aromatic carbocycles. The van der Waals surface area contributed by atoms with E-state index in [2.05, 4.69) is 10.3 Å². The largest absolute Gasteiger partial charge is 0.494 e. The maximum atomic E-state index is 13.8. The molecule has 0 aliphatic heterocycles. The molecule has 0 bridgehead atoms. The van der Waals surface area contributed by atoms with Gasteiger partial charge >= 0.3 is 0 Å². The summed E-state index contributed by atoms with van der Waals surface area (Å²) in [6.07, 6.45) is 1.19. The Morgan fingerprint density at radius 1 is 1.31 bits per heavy atom. The predicted molar refractivity (Wildman–Crippen MR) is 95.5 cm³/mol. The molecule has 0 aliphatic rings. The van der Waals surface area contributed by atoms with E-state index in [1.807, 2.05) is 6.07 Å². The number of para-hydroxylation sites is 2. The van der Waals surface area contributed by atoms with Crippen molar-refractivity contribution in [3.63, 3.8) is 0 Å². The molecular weight excluding hydrogens is 337 g/mol. The van der Waals surface area contributed by atoms with E-state index < -0.39 is 11.9 Å². The highest BCUT2D eigenvalue weighted by molar-refractivity contribution is 5.80. The lowest BCUT2D eigenvalue weighted by Crippen LogP contribution is -2.34. The molecule has 1 N–H and O–H groups in total. The van der Waals surface area contributed by atoms with Gasteiger partial charge < -0.3 is 10.1 Å². The van der Waals surface area contributed by atoms with Gasteiger partial charge in [-0.15, -0.1) is 0 Å². The standard InChI is InChI=1S/C19H18FN3O3/c1-12(13-7-8-17(26-2)14(20)9-13)22-18(24)11-23-16-6-4-3-5-15(16)21-10-19(23)25/h3-10,12H,11H2,1-2H3,(H,22,24). The summed E-state index contributed by atoms with van der Waals surface area (Å²) in [5.74, 6) is -0.711. The van der Waals surface area contributed by atoms with Gasteiger partial charge in [-0.3, -0.25) is 14.2 Å². The van der Waals surface area contributed by atoms with Crippen LogP contribution in [0.15, 0.2) is 53.5 Å². The smallest absolute Gasteiger partial charge is 0.269 e.